The molecular weight excluding hydrogens is 314 g/mol. The Morgan fingerprint density at radius 3 is 2.83 bits per heavy atom. The van der Waals surface area contributed by atoms with E-state index in [4.69, 9.17) is 0 Å². The summed E-state index contributed by atoms with van der Waals surface area (Å²) in [6.07, 6.45) is 0.710. The first-order valence-corrected chi connectivity index (χ1v) is 8.79. The van der Waals surface area contributed by atoms with E-state index in [9.17, 15) is 9.59 Å². The van der Waals surface area contributed by atoms with E-state index < -0.39 is 0 Å². The molecule has 2 amide bonds. The maximum Gasteiger partial charge on any atom is 0.246 e. The number of nitrogens with zero attached hydrogens (tertiary/aromatic N) is 5. The summed E-state index contributed by atoms with van der Waals surface area (Å²) in [6.45, 7) is 2.70. The molecule has 0 aromatic carbocycles. The van der Waals surface area contributed by atoms with Crippen molar-refractivity contribution in [3.05, 3.63) is 17.3 Å². The fraction of sp³-hybridized carbons (Fsp3) is 0.600. The third kappa shape index (κ3) is 3.12. The fourth-order valence-electron chi connectivity index (χ4n) is 2.89. The molecule has 0 spiro atoms. The second-order valence-corrected chi connectivity index (χ2v) is 7.08. The van der Waals surface area contributed by atoms with Crippen LogP contribution >= 0.6 is 11.8 Å². The molecule has 1 saturated heterocycles. The van der Waals surface area contributed by atoms with Crippen LogP contribution in [0.15, 0.2) is 6.07 Å². The van der Waals surface area contributed by atoms with Gasteiger partial charge in [-0.25, -0.2) is 0 Å². The topological polar surface area (TPSA) is 69.6 Å². The van der Waals surface area contributed by atoms with Crippen molar-refractivity contribution in [3.63, 3.8) is 0 Å². The predicted molar refractivity (Wildman–Crippen MR) is 89.1 cm³/mol. The summed E-state index contributed by atoms with van der Waals surface area (Å²) < 4.78 is 0. The van der Waals surface area contributed by atoms with E-state index >= 15 is 0 Å². The number of thioether (sulfide) groups is 1. The van der Waals surface area contributed by atoms with Crippen LogP contribution in [0, 0.1) is 0 Å². The number of fused-ring (bicyclic) bond motifs is 1. The number of anilines is 1. The lowest BCUT2D eigenvalue weighted by Gasteiger charge is -2.32. The molecule has 0 bridgehead atoms. The molecule has 0 saturated carbocycles. The molecule has 124 valence electrons. The first-order chi connectivity index (χ1) is 11.0. The summed E-state index contributed by atoms with van der Waals surface area (Å²) in [4.78, 5) is 29.9. The lowest BCUT2D eigenvalue weighted by molar-refractivity contribution is -0.143. The number of amides is 2. The Labute approximate surface area is 140 Å². The molecule has 2 aliphatic heterocycles. The van der Waals surface area contributed by atoms with Crippen molar-refractivity contribution in [2.45, 2.75) is 25.9 Å². The van der Waals surface area contributed by atoms with E-state index in [2.05, 4.69) is 10.2 Å². The molecule has 7 nitrogen and oxygen atoms in total. The highest BCUT2D eigenvalue weighted by atomic mass is 32.2. The second-order valence-electron chi connectivity index (χ2n) is 6.08. The van der Waals surface area contributed by atoms with E-state index in [-0.39, 0.29) is 17.9 Å². The molecule has 1 atom stereocenters. The van der Waals surface area contributed by atoms with Gasteiger partial charge in [-0.1, -0.05) is 0 Å². The first kappa shape index (κ1) is 16.0. The van der Waals surface area contributed by atoms with Crippen molar-refractivity contribution >= 4 is 29.4 Å². The maximum absolute atomic E-state index is 12.8. The zero-order chi connectivity index (χ0) is 16.6. The fourth-order valence-corrected chi connectivity index (χ4v) is 4.10. The third-order valence-corrected chi connectivity index (χ3v) is 5.28. The van der Waals surface area contributed by atoms with Gasteiger partial charge in [0, 0.05) is 46.3 Å². The minimum Gasteiger partial charge on any atom is -0.361 e. The van der Waals surface area contributed by atoms with E-state index in [1.54, 1.807) is 16.7 Å². The summed E-state index contributed by atoms with van der Waals surface area (Å²) in [6, 6.07) is 1.66. The quantitative estimate of drug-likeness (QED) is 0.777. The monoisotopic (exact) mass is 335 g/mol. The molecule has 2 aliphatic rings. The number of carbonyl (C=O) groups is 2. The molecule has 0 unspecified atom stereocenters. The van der Waals surface area contributed by atoms with Crippen LogP contribution in [0.3, 0.4) is 0 Å². The molecule has 1 aromatic rings. The van der Waals surface area contributed by atoms with Gasteiger partial charge >= 0.3 is 0 Å². The van der Waals surface area contributed by atoms with Gasteiger partial charge in [-0.05, 0) is 11.6 Å². The van der Waals surface area contributed by atoms with Gasteiger partial charge in [0.05, 0.1) is 11.6 Å². The SMILES string of the molecule is CC(=O)N1CSC[C@@H]1C(=O)N1CCc2nnc(N(C)C)cc2C1. The molecule has 0 aliphatic carbocycles. The van der Waals surface area contributed by atoms with Crippen LogP contribution in [0.5, 0.6) is 0 Å². The molecule has 8 heteroatoms. The van der Waals surface area contributed by atoms with E-state index in [1.807, 2.05) is 30.0 Å². The van der Waals surface area contributed by atoms with Gasteiger partial charge in [0.25, 0.3) is 0 Å². The Morgan fingerprint density at radius 2 is 2.13 bits per heavy atom. The molecule has 0 N–H and O–H groups in total. The lowest BCUT2D eigenvalue weighted by atomic mass is 10.1. The van der Waals surface area contributed by atoms with Crippen LogP contribution in [0.2, 0.25) is 0 Å². The van der Waals surface area contributed by atoms with Crippen molar-refractivity contribution < 1.29 is 9.59 Å². The van der Waals surface area contributed by atoms with Crippen molar-refractivity contribution in [2.75, 3.05) is 37.2 Å². The van der Waals surface area contributed by atoms with Gasteiger partial charge in [0.1, 0.15) is 6.04 Å². The second kappa shape index (κ2) is 6.35. The zero-order valence-corrected chi connectivity index (χ0v) is 14.5. The Hall–Kier alpha value is -1.83. The van der Waals surface area contributed by atoms with Gasteiger partial charge in [-0.15, -0.1) is 16.9 Å². The molecule has 1 aromatic heterocycles. The number of hydrogen-bond donors (Lipinski definition) is 0. The Morgan fingerprint density at radius 1 is 1.35 bits per heavy atom. The molecular formula is C15H21N5O2S. The van der Waals surface area contributed by atoms with Crippen LogP contribution in [0.1, 0.15) is 18.2 Å². The summed E-state index contributed by atoms with van der Waals surface area (Å²) in [5, 5.41) is 8.47. The normalized spacial score (nSPS) is 20.4. The van der Waals surface area contributed by atoms with Gasteiger partial charge in [0.15, 0.2) is 5.82 Å². The molecule has 3 rings (SSSR count). The highest BCUT2D eigenvalue weighted by molar-refractivity contribution is 7.99. The average Bonchev–Trinajstić information content (AvgIpc) is 3.02. The number of aromatic nitrogens is 2. The van der Waals surface area contributed by atoms with Crippen LogP contribution in [0.25, 0.3) is 0 Å². The third-order valence-electron chi connectivity index (χ3n) is 4.27. The van der Waals surface area contributed by atoms with Crippen molar-refractivity contribution in [1.29, 1.82) is 0 Å². The van der Waals surface area contributed by atoms with Gasteiger partial charge in [-0.2, -0.15) is 5.10 Å². The minimum absolute atomic E-state index is 0.0356. The van der Waals surface area contributed by atoms with Crippen LogP contribution in [-0.2, 0) is 22.6 Å². The van der Waals surface area contributed by atoms with Crippen molar-refractivity contribution in [1.82, 2.24) is 20.0 Å². The number of carbonyl (C=O) groups excluding carboxylic acids is 2. The minimum atomic E-state index is -0.331. The summed E-state index contributed by atoms with van der Waals surface area (Å²) in [5.74, 6) is 2.08. The predicted octanol–water partition coefficient (Wildman–Crippen LogP) is 0.349. The summed E-state index contributed by atoms with van der Waals surface area (Å²) in [7, 11) is 3.84. The molecule has 3 heterocycles. The Kier molecular flexibility index (Phi) is 4.43. The first-order valence-electron chi connectivity index (χ1n) is 7.64. The van der Waals surface area contributed by atoms with Gasteiger partial charge in [-0.3, -0.25) is 9.59 Å². The number of hydrogen-bond acceptors (Lipinski definition) is 6. The Bertz CT molecular complexity index is 636. The van der Waals surface area contributed by atoms with Crippen molar-refractivity contribution in [3.8, 4) is 0 Å². The van der Waals surface area contributed by atoms with E-state index in [0.29, 0.717) is 31.1 Å². The van der Waals surface area contributed by atoms with E-state index in [0.717, 1.165) is 17.1 Å². The van der Waals surface area contributed by atoms with E-state index in [1.165, 1.54) is 6.92 Å². The highest BCUT2D eigenvalue weighted by Gasteiger charge is 2.36. The largest absolute Gasteiger partial charge is 0.361 e. The Balaban J connectivity index is 1.77. The summed E-state index contributed by atoms with van der Waals surface area (Å²) in [5.41, 5.74) is 2.01. The van der Waals surface area contributed by atoms with Crippen LogP contribution in [-0.4, -0.2) is 70.1 Å². The summed E-state index contributed by atoms with van der Waals surface area (Å²) >= 11 is 1.63. The highest BCUT2D eigenvalue weighted by Crippen LogP contribution is 2.25. The molecule has 0 radical (unpaired) electrons. The molecule has 23 heavy (non-hydrogen) atoms. The molecule has 1 fully saturated rings. The average molecular weight is 335 g/mol. The zero-order valence-electron chi connectivity index (χ0n) is 13.7. The van der Waals surface area contributed by atoms with Gasteiger partial charge in [0.2, 0.25) is 11.8 Å². The smallest absolute Gasteiger partial charge is 0.246 e. The maximum atomic E-state index is 12.8. The number of rotatable bonds is 2. The van der Waals surface area contributed by atoms with Crippen molar-refractivity contribution in [2.24, 2.45) is 0 Å². The van der Waals surface area contributed by atoms with Crippen LogP contribution < -0.4 is 4.90 Å². The standard InChI is InChI=1S/C15H21N5O2S/c1-10(21)20-9-23-8-13(20)15(22)19-5-4-12-11(7-19)6-14(17-16-12)18(2)3/h6,13H,4-5,7-9H2,1-3H3/t13-/m1/s1. The lowest BCUT2D eigenvalue weighted by Crippen LogP contribution is -2.49. The van der Waals surface area contributed by atoms with Crippen LogP contribution in [0.4, 0.5) is 5.82 Å². The van der Waals surface area contributed by atoms with Gasteiger partial charge < -0.3 is 14.7 Å².